The van der Waals surface area contributed by atoms with E-state index in [0.717, 1.165) is 13.0 Å². The topological polar surface area (TPSA) is 12.0 Å². The van der Waals surface area contributed by atoms with Crippen LogP contribution in [0.15, 0.2) is 24.3 Å². The summed E-state index contributed by atoms with van der Waals surface area (Å²) in [6.07, 6.45) is 6.18. The minimum absolute atomic E-state index is 0.163. The molecule has 1 nitrogen and oxygen atoms in total. The molecule has 20 heavy (non-hydrogen) atoms. The van der Waals surface area contributed by atoms with Gasteiger partial charge in [-0.05, 0) is 36.0 Å². The van der Waals surface area contributed by atoms with Crippen LogP contribution in [0.1, 0.15) is 71.4 Å². The maximum atomic E-state index is 13.0. The van der Waals surface area contributed by atoms with Gasteiger partial charge in [0, 0.05) is 12.6 Å². The minimum atomic E-state index is -0.163. The van der Waals surface area contributed by atoms with Crippen LogP contribution in [0.5, 0.6) is 0 Å². The van der Waals surface area contributed by atoms with Gasteiger partial charge in [0.1, 0.15) is 5.82 Å². The molecular formula is C18H30FN. The molecule has 1 N–H and O–H groups in total. The van der Waals surface area contributed by atoms with Gasteiger partial charge in [0.25, 0.3) is 0 Å². The summed E-state index contributed by atoms with van der Waals surface area (Å²) in [5.74, 6) is -0.163. The van der Waals surface area contributed by atoms with Crippen molar-refractivity contribution in [2.24, 2.45) is 5.41 Å². The van der Waals surface area contributed by atoms with Gasteiger partial charge in [-0.2, -0.15) is 0 Å². The number of benzene rings is 1. The van der Waals surface area contributed by atoms with Gasteiger partial charge in [0.2, 0.25) is 0 Å². The first-order chi connectivity index (χ1) is 9.48. The fraction of sp³-hybridized carbons (Fsp3) is 0.667. The van der Waals surface area contributed by atoms with Crippen molar-refractivity contribution in [3.05, 3.63) is 35.6 Å². The number of hydrogen-bond donors (Lipinski definition) is 1. The van der Waals surface area contributed by atoms with Crippen LogP contribution < -0.4 is 5.32 Å². The van der Waals surface area contributed by atoms with Gasteiger partial charge in [-0.1, -0.05) is 59.1 Å². The van der Waals surface area contributed by atoms with Crippen LogP contribution >= 0.6 is 0 Å². The predicted octanol–water partition coefficient (Wildman–Crippen LogP) is 5.47. The maximum absolute atomic E-state index is 13.0. The zero-order valence-corrected chi connectivity index (χ0v) is 13.5. The van der Waals surface area contributed by atoms with E-state index in [0.29, 0.717) is 11.5 Å². The zero-order valence-electron chi connectivity index (χ0n) is 13.5. The summed E-state index contributed by atoms with van der Waals surface area (Å²) >= 11 is 0. The number of unbranched alkanes of at least 4 members (excludes halogenated alkanes) is 2. The van der Waals surface area contributed by atoms with Crippen molar-refractivity contribution >= 4 is 0 Å². The lowest BCUT2D eigenvalue weighted by atomic mass is 9.86. The van der Waals surface area contributed by atoms with Crippen molar-refractivity contribution in [3.63, 3.8) is 0 Å². The molecule has 2 heteroatoms. The third-order valence-corrected chi connectivity index (χ3v) is 3.96. The first-order valence-electron chi connectivity index (χ1n) is 7.97. The fourth-order valence-corrected chi connectivity index (χ4v) is 2.53. The molecule has 114 valence electrons. The molecule has 0 saturated heterocycles. The molecule has 0 aliphatic heterocycles. The zero-order chi connectivity index (χ0) is 15.0. The highest BCUT2D eigenvalue weighted by atomic mass is 19.1. The first kappa shape index (κ1) is 17.2. The molecule has 1 unspecified atom stereocenters. The summed E-state index contributed by atoms with van der Waals surface area (Å²) in [5.41, 5.74) is 1.50. The number of hydrogen-bond acceptors (Lipinski definition) is 1. The van der Waals surface area contributed by atoms with E-state index in [1.54, 1.807) is 12.1 Å². The van der Waals surface area contributed by atoms with E-state index in [2.05, 4.69) is 33.0 Å². The van der Waals surface area contributed by atoms with Crippen LogP contribution in [0.3, 0.4) is 0 Å². The Morgan fingerprint density at radius 1 is 1.10 bits per heavy atom. The fourth-order valence-electron chi connectivity index (χ4n) is 2.53. The molecular weight excluding hydrogens is 249 g/mol. The molecule has 0 bridgehead atoms. The van der Waals surface area contributed by atoms with Crippen LogP contribution in [0.2, 0.25) is 0 Å². The van der Waals surface area contributed by atoms with Gasteiger partial charge in [-0.3, -0.25) is 0 Å². The molecule has 0 aromatic heterocycles. The molecule has 1 atom stereocenters. The molecule has 0 aliphatic carbocycles. The molecule has 0 saturated carbocycles. The summed E-state index contributed by atoms with van der Waals surface area (Å²) in [4.78, 5) is 0. The average molecular weight is 279 g/mol. The second kappa shape index (κ2) is 8.41. The molecule has 0 fully saturated rings. The Bertz CT molecular complexity index is 370. The Morgan fingerprint density at radius 2 is 1.75 bits per heavy atom. The van der Waals surface area contributed by atoms with Crippen LogP contribution in [-0.4, -0.2) is 6.54 Å². The van der Waals surface area contributed by atoms with E-state index < -0.39 is 0 Å². The van der Waals surface area contributed by atoms with Crippen LogP contribution in [-0.2, 0) is 0 Å². The van der Waals surface area contributed by atoms with Crippen LogP contribution in [0, 0.1) is 11.2 Å². The maximum Gasteiger partial charge on any atom is 0.123 e. The van der Waals surface area contributed by atoms with Gasteiger partial charge in [-0.25, -0.2) is 4.39 Å². The standard InChI is InChI=1S/C18H30FN/c1-5-7-8-13-18(3,4)14-20-17(6-2)15-9-11-16(19)12-10-15/h9-12,17,20H,5-8,13-14H2,1-4H3. The van der Waals surface area contributed by atoms with Crippen molar-refractivity contribution < 1.29 is 4.39 Å². The molecule has 1 aromatic rings. The van der Waals surface area contributed by atoms with Crippen LogP contribution in [0.4, 0.5) is 4.39 Å². The summed E-state index contributed by atoms with van der Waals surface area (Å²) in [6, 6.07) is 7.19. The third kappa shape index (κ3) is 6.04. The highest BCUT2D eigenvalue weighted by Crippen LogP contribution is 2.25. The second-order valence-corrected chi connectivity index (χ2v) is 6.51. The Kier molecular flexibility index (Phi) is 7.22. The molecule has 0 radical (unpaired) electrons. The van der Waals surface area contributed by atoms with Gasteiger partial charge in [0.15, 0.2) is 0 Å². The predicted molar refractivity (Wildman–Crippen MR) is 85.4 cm³/mol. The van der Waals surface area contributed by atoms with E-state index in [4.69, 9.17) is 0 Å². The van der Waals surface area contributed by atoms with Crippen molar-refractivity contribution in [3.8, 4) is 0 Å². The molecule has 0 amide bonds. The van der Waals surface area contributed by atoms with Crippen molar-refractivity contribution in [1.29, 1.82) is 0 Å². The number of nitrogens with one attached hydrogen (secondary N) is 1. The first-order valence-corrected chi connectivity index (χ1v) is 7.97. The Morgan fingerprint density at radius 3 is 2.30 bits per heavy atom. The van der Waals surface area contributed by atoms with Gasteiger partial charge < -0.3 is 5.32 Å². The minimum Gasteiger partial charge on any atom is -0.309 e. The lowest BCUT2D eigenvalue weighted by molar-refractivity contribution is 0.285. The largest absolute Gasteiger partial charge is 0.309 e. The summed E-state index contributed by atoms with van der Waals surface area (Å²) in [5, 5.41) is 3.65. The smallest absolute Gasteiger partial charge is 0.123 e. The van der Waals surface area contributed by atoms with Crippen LogP contribution in [0.25, 0.3) is 0 Å². The van der Waals surface area contributed by atoms with E-state index in [9.17, 15) is 4.39 Å². The lowest BCUT2D eigenvalue weighted by Gasteiger charge is -2.28. The van der Waals surface area contributed by atoms with E-state index in [1.807, 2.05) is 12.1 Å². The monoisotopic (exact) mass is 279 g/mol. The summed E-state index contributed by atoms with van der Waals surface area (Å²) in [6.45, 7) is 10.1. The van der Waals surface area contributed by atoms with Crippen molar-refractivity contribution in [2.45, 2.75) is 65.8 Å². The van der Waals surface area contributed by atoms with Gasteiger partial charge in [-0.15, -0.1) is 0 Å². The number of rotatable bonds is 9. The van der Waals surface area contributed by atoms with E-state index in [-0.39, 0.29) is 5.82 Å². The van der Waals surface area contributed by atoms with Gasteiger partial charge >= 0.3 is 0 Å². The molecule has 0 heterocycles. The molecule has 0 aliphatic rings. The summed E-state index contributed by atoms with van der Waals surface area (Å²) < 4.78 is 13.0. The normalized spacial score (nSPS) is 13.4. The van der Waals surface area contributed by atoms with E-state index >= 15 is 0 Å². The second-order valence-electron chi connectivity index (χ2n) is 6.51. The van der Waals surface area contributed by atoms with Gasteiger partial charge in [0.05, 0.1) is 0 Å². The van der Waals surface area contributed by atoms with Crippen molar-refractivity contribution in [2.75, 3.05) is 6.54 Å². The highest BCUT2D eigenvalue weighted by molar-refractivity contribution is 5.19. The molecule has 1 aromatic carbocycles. The Balaban J connectivity index is 2.50. The van der Waals surface area contributed by atoms with E-state index in [1.165, 1.54) is 31.2 Å². The van der Waals surface area contributed by atoms with Crippen molar-refractivity contribution in [1.82, 2.24) is 5.32 Å². The third-order valence-electron chi connectivity index (χ3n) is 3.96. The average Bonchev–Trinajstić information content (AvgIpc) is 2.41. The lowest BCUT2D eigenvalue weighted by Crippen LogP contribution is -2.32. The summed E-state index contributed by atoms with van der Waals surface area (Å²) in [7, 11) is 0. The Hall–Kier alpha value is -0.890. The SMILES string of the molecule is CCCCCC(C)(C)CNC(CC)c1ccc(F)cc1. The molecule has 1 rings (SSSR count). The highest BCUT2D eigenvalue weighted by Gasteiger charge is 2.19. The molecule has 0 spiro atoms. The number of halogens is 1. The Labute approximate surface area is 124 Å². The quantitative estimate of drug-likeness (QED) is 0.591.